The Labute approximate surface area is 224 Å². The van der Waals surface area contributed by atoms with Gasteiger partial charge < -0.3 is 4.57 Å². The lowest BCUT2D eigenvalue weighted by atomic mass is 9.85. The molecule has 4 rings (SSSR count). The molecule has 0 saturated heterocycles. The van der Waals surface area contributed by atoms with Crippen LogP contribution in [0.15, 0.2) is 72.8 Å². The first-order valence-electron chi connectivity index (χ1n) is 12.5. The molecule has 0 heterocycles. The Morgan fingerprint density at radius 2 is 1.00 bits per heavy atom. The van der Waals surface area contributed by atoms with Crippen LogP contribution in [0.1, 0.15) is 75.6 Å². The van der Waals surface area contributed by atoms with E-state index in [1.807, 2.05) is 52.0 Å². The first-order chi connectivity index (χ1) is 18.0. The Balaban J connectivity index is 1.96. The molecule has 0 spiro atoms. The molecule has 0 aromatic heterocycles. The van der Waals surface area contributed by atoms with Gasteiger partial charge in [-0.1, -0.05) is 77.9 Å². The molecule has 0 N–H and O–H groups in total. The van der Waals surface area contributed by atoms with Gasteiger partial charge in [0.25, 0.3) is 0 Å². The average Bonchev–Trinajstić information content (AvgIpc) is 2.88. The van der Waals surface area contributed by atoms with Gasteiger partial charge in [0.05, 0.1) is 0 Å². The van der Waals surface area contributed by atoms with E-state index in [2.05, 4.69) is 0 Å². The minimum atomic E-state index is -2.89. The number of ketones is 2. The van der Waals surface area contributed by atoms with Gasteiger partial charge in [-0.05, 0) is 69.9 Å². The fourth-order valence-corrected chi connectivity index (χ4v) is 6.34. The standard InChI is InChI=1S/C33H31O4P/c1-19-12-14-26(21(3)16-19)31(34)28-18-29(32(35)27-15-13-20(2)17-22(27)4)24(6)30(23(28)5)33(36)38(37)25-10-8-7-9-11-25/h7-18,38H,1-6H3. The van der Waals surface area contributed by atoms with Gasteiger partial charge in [-0.25, -0.2) is 0 Å². The molecule has 0 aliphatic rings. The smallest absolute Gasteiger partial charge is 0.223 e. The molecule has 0 aliphatic carbocycles. The van der Waals surface area contributed by atoms with Crippen LogP contribution in [0.5, 0.6) is 0 Å². The second-order valence-electron chi connectivity index (χ2n) is 9.92. The molecule has 1 atom stereocenters. The lowest BCUT2D eigenvalue weighted by molar-refractivity contribution is 0.103. The SMILES string of the molecule is Cc1ccc(C(=O)c2cc(C(=O)c3ccc(C)cc3C)c(C)c(C(=O)[PH](=O)c3ccccc3)c2C)c(C)c1. The Kier molecular flexibility index (Phi) is 7.76. The number of benzene rings is 4. The van der Waals surface area contributed by atoms with E-state index in [1.54, 1.807) is 62.4 Å². The molecule has 4 aromatic rings. The highest BCUT2D eigenvalue weighted by atomic mass is 31.1. The molecule has 0 bridgehead atoms. The summed E-state index contributed by atoms with van der Waals surface area (Å²) < 4.78 is 13.4. The van der Waals surface area contributed by atoms with Crippen molar-refractivity contribution in [2.75, 3.05) is 0 Å². The number of carbonyl (C=O) groups excluding carboxylic acids is 3. The van der Waals surface area contributed by atoms with E-state index in [0.717, 1.165) is 22.3 Å². The maximum Gasteiger partial charge on any atom is 0.223 e. The number of rotatable bonds is 7. The van der Waals surface area contributed by atoms with Crippen LogP contribution in [-0.2, 0) is 4.57 Å². The molecular weight excluding hydrogens is 491 g/mol. The van der Waals surface area contributed by atoms with Gasteiger partial charge in [-0.15, -0.1) is 0 Å². The van der Waals surface area contributed by atoms with Crippen molar-refractivity contribution in [1.82, 2.24) is 0 Å². The number of hydrogen-bond acceptors (Lipinski definition) is 4. The minimum Gasteiger partial charge on any atom is -0.313 e. The molecule has 4 aromatic carbocycles. The number of hydrogen-bond donors (Lipinski definition) is 0. The molecule has 0 amide bonds. The molecule has 4 nitrogen and oxygen atoms in total. The highest BCUT2D eigenvalue weighted by Crippen LogP contribution is 2.35. The van der Waals surface area contributed by atoms with Crippen LogP contribution < -0.4 is 5.30 Å². The van der Waals surface area contributed by atoms with E-state index >= 15 is 0 Å². The zero-order valence-corrected chi connectivity index (χ0v) is 23.6. The highest BCUT2D eigenvalue weighted by Gasteiger charge is 2.29. The Hall–Kier alpha value is -3.88. The molecule has 0 radical (unpaired) electrons. The van der Waals surface area contributed by atoms with Gasteiger partial charge in [-0.3, -0.25) is 14.4 Å². The van der Waals surface area contributed by atoms with Gasteiger partial charge in [-0.2, -0.15) is 0 Å². The molecule has 0 aliphatic heterocycles. The quantitative estimate of drug-likeness (QED) is 0.193. The third-order valence-corrected chi connectivity index (χ3v) is 8.58. The minimum absolute atomic E-state index is 0.182. The van der Waals surface area contributed by atoms with Crippen LogP contribution in [0.4, 0.5) is 0 Å². The summed E-state index contributed by atoms with van der Waals surface area (Å²) in [6, 6.07) is 21.3. The average molecular weight is 523 g/mol. The van der Waals surface area contributed by atoms with E-state index in [-0.39, 0.29) is 28.3 Å². The van der Waals surface area contributed by atoms with Crippen LogP contribution in [0.3, 0.4) is 0 Å². The molecule has 38 heavy (non-hydrogen) atoms. The zero-order valence-electron chi connectivity index (χ0n) is 22.6. The highest BCUT2D eigenvalue weighted by molar-refractivity contribution is 7.71. The van der Waals surface area contributed by atoms with Crippen molar-refractivity contribution in [2.45, 2.75) is 41.5 Å². The van der Waals surface area contributed by atoms with Crippen molar-refractivity contribution in [2.24, 2.45) is 0 Å². The van der Waals surface area contributed by atoms with Crippen molar-refractivity contribution < 1.29 is 18.9 Å². The third-order valence-electron chi connectivity index (χ3n) is 7.06. The van der Waals surface area contributed by atoms with Gasteiger partial charge in [0.1, 0.15) is 0 Å². The number of carbonyl (C=O) groups is 3. The van der Waals surface area contributed by atoms with Crippen molar-refractivity contribution in [3.05, 3.63) is 134 Å². The summed E-state index contributed by atoms with van der Waals surface area (Å²) in [5, 5.41) is 0.440. The molecule has 0 saturated carbocycles. The van der Waals surface area contributed by atoms with Crippen LogP contribution >= 0.6 is 7.80 Å². The molecule has 192 valence electrons. The van der Waals surface area contributed by atoms with Crippen molar-refractivity contribution in [3.8, 4) is 0 Å². The van der Waals surface area contributed by atoms with E-state index in [4.69, 9.17) is 0 Å². The van der Waals surface area contributed by atoms with Crippen molar-refractivity contribution >= 4 is 30.2 Å². The zero-order chi connectivity index (χ0) is 27.7. The van der Waals surface area contributed by atoms with Gasteiger partial charge >= 0.3 is 0 Å². The van der Waals surface area contributed by atoms with Gasteiger partial charge in [0, 0.05) is 33.1 Å². The summed E-state index contributed by atoms with van der Waals surface area (Å²) in [6.07, 6.45) is 0. The van der Waals surface area contributed by atoms with E-state index < -0.39 is 13.3 Å². The van der Waals surface area contributed by atoms with Crippen LogP contribution in [-0.4, -0.2) is 17.1 Å². The third kappa shape index (κ3) is 5.10. The lowest BCUT2D eigenvalue weighted by Crippen LogP contribution is -2.17. The maximum atomic E-state index is 13.9. The summed E-state index contributed by atoms with van der Waals surface area (Å²) in [6.45, 7) is 11.0. The first kappa shape index (κ1) is 27.2. The number of aryl methyl sites for hydroxylation is 4. The predicted molar refractivity (Wildman–Crippen MR) is 154 cm³/mol. The summed E-state index contributed by atoms with van der Waals surface area (Å²) in [5.41, 5.74) is 5.71. The first-order valence-corrected chi connectivity index (χ1v) is 13.9. The van der Waals surface area contributed by atoms with Gasteiger partial charge in [0.15, 0.2) is 19.4 Å². The predicted octanol–water partition coefficient (Wildman–Crippen LogP) is 7.02. The summed E-state index contributed by atoms with van der Waals surface area (Å²) in [4.78, 5) is 41.5. The molecule has 1 unspecified atom stereocenters. The molecule has 0 fully saturated rings. The monoisotopic (exact) mass is 522 g/mol. The van der Waals surface area contributed by atoms with Crippen LogP contribution in [0.2, 0.25) is 0 Å². The fraction of sp³-hybridized carbons (Fsp3) is 0.182. The maximum absolute atomic E-state index is 13.9. The van der Waals surface area contributed by atoms with E-state index in [9.17, 15) is 18.9 Å². The van der Waals surface area contributed by atoms with Crippen molar-refractivity contribution in [3.63, 3.8) is 0 Å². The largest absolute Gasteiger partial charge is 0.313 e. The Morgan fingerprint density at radius 3 is 1.42 bits per heavy atom. The Bertz CT molecular complexity index is 1540. The summed E-state index contributed by atoms with van der Waals surface area (Å²) >= 11 is 0. The van der Waals surface area contributed by atoms with Gasteiger partial charge in [0.2, 0.25) is 5.52 Å². The molecular formula is C33H31O4P. The molecule has 5 heteroatoms. The van der Waals surface area contributed by atoms with E-state index in [1.165, 1.54) is 0 Å². The summed E-state index contributed by atoms with van der Waals surface area (Å²) in [5.74, 6) is -0.550. The van der Waals surface area contributed by atoms with Crippen LogP contribution in [0, 0.1) is 41.5 Å². The fourth-order valence-electron chi connectivity index (χ4n) is 4.98. The summed E-state index contributed by atoms with van der Waals surface area (Å²) in [7, 11) is -2.89. The lowest BCUT2D eigenvalue weighted by Gasteiger charge is -2.18. The van der Waals surface area contributed by atoms with E-state index in [0.29, 0.717) is 27.6 Å². The topological polar surface area (TPSA) is 68.3 Å². The second kappa shape index (κ2) is 10.8. The second-order valence-corrected chi connectivity index (χ2v) is 11.6. The Morgan fingerprint density at radius 1 is 0.553 bits per heavy atom. The normalized spacial score (nSPS) is 11.7. The van der Waals surface area contributed by atoms with Crippen LogP contribution in [0.25, 0.3) is 0 Å². The van der Waals surface area contributed by atoms with Crippen molar-refractivity contribution in [1.29, 1.82) is 0 Å².